The molecular formula is C51H30N4OS. The van der Waals surface area contributed by atoms with Crippen LogP contribution in [0, 0.1) is 0 Å². The zero-order valence-electron chi connectivity index (χ0n) is 30.4. The first-order valence-corrected chi connectivity index (χ1v) is 19.8. The molecule has 0 atom stereocenters. The fraction of sp³-hybridized carbons (Fsp3) is 0. The number of thiophene rings is 1. The monoisotopic (exact) mass is 746 g/mol. The van der Waals surface area contributed by atoms with E-state index in [2.05, 4.69) is 120 Å². The van der Waals surface area contributed by atoms with Crippen molar-refractivity contribution >= 4 is 75.3 Å². The summed E-state index contributed by atoms with van der Waals surface area (Å²) in [7, 11) is 0. The maximum Gasteiger partial charge on any atom is 0.167 e. The van der Waals surface area contributed by atoms with E-state index in [0.29, 0.717) is 17.5 Å². The molecule has 12 aromatic rings. The second-order valence-corrected chi connectivity index (χ2v) is 15.4. The molecule has 0 N–H and O–H groups in total. The third-order valence-corrected chi connectivity index (χ3v) is 12.3. The number of para-hydroxylation sites is 3. The molecular weight excluding hydrogens is 717 g/mol. The first-order valence-electron chi connectivity index (χ1n) is 19.0. The Morgan fingerprint density at radius 3 is 1.70 bits per heavy atom. The van der Waals surface area contributed by atoms with Gasteiger partial charge in [-0.15, -0.1) is 11.3 Å². The zero-order chi connectivity index (χ0) is 37.5. The van der Waals surface area contributed by atoms with Crippen LogP contribution < -0.4 is 0 Å². The quantitative estimate of drug-likeness (QED) is 0.176. The van der Waals surface area contributed by atoms with Gasteiger partial charge in [-0.3, -0.25) is 0 Å². The predicted molar refractivity (Wildman–Crippen MR) is 236 cm³/mol. The smallest absolute Gasteiger partial charge is 0.167 e. The molecule has 0 radical (unpaired) electrons. The fourth-order valence-electron chi connectivity index (χ4n) is 8.43. The van der Waals surface area contributed by atoms with E-state index in [-0.39, 0.29) is 0 Å². The van der Waals surface area contributed by atoms with Gasteiger partial charge in [-0.2, -0.15) is 0 Å². The normalized spacial score (nSPS) is 11.9. The zero-order valence-corrected chi connectivity index (χ0v) is 31.2. The minimum absolute atomic E-state index is 0.572. The van der Waals surface area contributed by atoms with Crippen LogP contribution >= 0.6 is 11.3 Å². The highest BCUT2D eigenvalue weighted by Crippen LogP contribution is 2.44. The molecule has 0 aliphatic heterocycles. The summed E-state index contributed by atoms with van der Waals surface area (Å²) >= 11 is 1.86. The molecule has 12 rings (SSSR count). The van der Waals surface area contributed by atoms with E-state index in [4.69, 9.17) is 19.4 Å². The molecule has 4 aromatic heterocycles. The van der Waals surface area contributed by atoms with E-state index in [1.807, 2.05) is 78.1 Å². The van der Waals surface area contributed by atoms with Gasteiger partial charge in [0.2, 0.25) is 0 Å². The van der Waals surface area contributed by atoms with Gasteiger partial charge in [0.15, 0.2) is 17.5 Å². The Kier molecular flexibility index (Phi) is 7.03. The van der Waals surface area contributed by atoms with Gasteiger partial charge in [0, 0.05) is 58.5 Å². The van der Waals surface area contributed by atoms with Crippen LogP contribution in [0.25, 0.3) is 115 Å². The Hall–Kier alpha value is -7.41. The molecule has 4 heterocycles. The summed E-state index contributed by atoms with van der Waals surface area (Å²) in [6.45, 7) is 0. The topological polar surface area (TPSA) is 56.7 Å². The summed E-state index contributed by atoms with van der Waals surface area (Å²) in [5.41, 5.74) is 10.2. The minimum atomic E-state index is 0.572. The summed E-state index contributed by atoms with van der Waals surface area (Å²) in [5, 5.41) is 7.14. The van der Waals surface area contributed by atoms with Crippen molar-refractivity contribution in [1.29, 1.82) is 0 Å². The number of rotatable bonds is 5. The Morgan fingerprint density at radius 2 is 1.00 bits per heavy atom. The summed E-state index contributed by atoms with van der Waals surface area (Å²) in [4.78, 5) is 14.9. The fourth-order valence-corrected chi connectivity index (χ4v) is 9.70. The second-order valence-electron chi connectivity index (χ2n) is 14.4. The Bertz CT molecular complexity index is 3420. The highest BCUT2D eigenvalue weighted by Gasteiger charge is 2.20. The van der Waals surface area contributed by atoms with Crippen LogP contribution in [0.15, 0.2) is 186 Å². The number of hydrogen-bond donors (Lipinski definition) is 0. The molecule has 0 saturated heterocycles. The van der Waals surface area contributed by atoms with Crippen molar-refractivity contribution in [3.63, 3.8) is 0 Å². The lowest BCUT2D eigenvalue weighted by molar-refractivity contribution is 0.669. The largest absolute Gasteiger partial charge is 0.455 e. The van der Waals surface area contributed by atoms with Crippen LogP contribution in [0.1, 0.15) is 0 Å². The van der Waals surface area contributed by atoms with Gasteiger partial charge in [0.25, 0.3) is 0 Å². The third kappa shape index (κ3) is 5.04. The van der Waals surface area contributed by atoms with Gasteiger partial charge in [-0.25, -0.2) is 15.0 Å². The molecule has 0 fully saturated rings. The van der Waals surface area contributed by atoms with E-state index in [9.17, 15) is 0 Å². The van der Waals surface area contributed by atoms with Crippen LogP contribution in [0.3, 0.4) is 0 Å². The van der Waals surface area contributed by atoms with Gasteiger partial charge in [0.05, 0.1) is 16.6 Å². The van der Waals surface area contributed by atoms with E-state index in [1.165, 1.54) is 53.2 Å². The van der Waals surface area contributed by atoms with Crippen LogP contribution in [0.4, 0.5) is 0 Å². The minimum Gasteiger partial charge on any atom is -0.455 e. The Labute approximate surface area is 330 Å². The van der Waals surface area contributed by atoms with Gasteiger partial charge in [0.1, 0.15) is 11.2 Å². The maximum atomic E-state index is 6.66. The van der Waals surface area contributed by atoms with E-state index < -0.39 is 0 Å². The lowest BCUT2D eigenvalue weighted by atomic mass is 10.00. The van der Waals surface area contributed by atoms with Crippen LogP contribution in [-0.2, 0) is 0 Å². The SMILES string of the molecule is c1ccc(-c2nc(-c3ccccc3)nc(-c3cccc4c3oc3ccc(-c5cccc6c5sc5cc(-n7c8ccccc8c8ccccc87)ccc56)cc34)n2)cc1. The van der Waals surface area contributed by atoms with Crippen molar-refractivity contribution in [2.75, 3.05) is 0 Å². The highest BCUT2D eigenvalue weighted by atomic mass is 32.1. The van der Waals surface area contributed by atoms with Gasteiger partial charge in [-0.05, 0) is 53.6 Å². The van der Waals surface area contributed by atoms with Crippen molar-refractivity contribution in [3.8, 4) is 51.0 Å². The van der Waals surface area contributed by atoms with Crippen molar-refractivity contribution in [1.82, 2.24) is 19.5 Å². The molecule has 5 nitrogen and oxygen atoms in total. The summed E-state index contributed by atoms with van der Waals surface area (Å²) in [6.07, 6.45) is 0. The first kappa shape index (κ1) is 31.9. The van der Waals surface area contributed by atoms with Crippen LogP contribution in [-0.4, -0.2) is 19.5 Å². The Morgan fingerprint density at radius 1 is 0.404 bits per heavy atom. The summed E-state index contributed by atoms with van der Waals surface area (Å²) in [6, 6.07) is 63.8. The van der Waals surface area contributed by atoms with Crippen LogP contribution in [0.5, 0.6) is 0 Å². The number of nitrogens with zero attached hydrogens (tertiary/aromatic N) is 4. The summed E-state index contributed by atoms with van der Waals surface area (Å²) in [5.74, 6) is 1.81. The molecule has 0 amide bonds. The number of fused-ring (bicyclic) bond motifs is 9. The van der Waals surface area contributed by atoms with Crippen molar-refractivity contribution in [3.05, 3.63) is 182 Å². The standard InChI is InChI=1S/C51H30N4OS/c1-3-13-31(14-4-1)49-52-50(32-15-5-2-6-16-32)54-51(53-49)41-22-12-20-39-42-29-33(25-28-45(42)56-47(39)41)35-19-11-21-40-38-27-26-34(30-46(38)57-48(35)40)55-43-23-9-7-17-36(43)37-18-8-10-24-44(37)55/h1-30H. The van der Waals surface area contributed by atoms with Crippen molar-refractivity contribution in [2.45, 2.75) is 0 Å². The molecule has 8 aromatic carbocycles. The second kappa shape index (κ2) is 12.6. The third-order valence-electron chi connectivity index (χ3n) is 11.1. The molecule has 6 heteroatoms. The average molecular weight is 747 g/mol. The molecule has 57 heavy (non-hydrogen) atoms. The van der Waals surface area contributed by atoms with Gasteiger partial charge < -0.3 is 8.98 Å². The Balaban J connectivity index is 0.993. The molecule has 0 aliphatic carbocycles. The van der Waals surface area contributed by atoms with Crippen molar-refractivity contribution < 1.29 is 4.42 Å². The van der Waals surface area contributed by atoms with Crippen LogP contribution in [0.2, 0.25) is 0 Å². The predicted octanol–water partition coefficient (Wildman–Crippen LogP) is 13.9. The molecule has 0 bridgehead atoms. The molecule has 0 aliphatic rings. The van der Waals surface area contributed by atoms with E-state index in [0.717, 1.165) is 44.2 Å². The lowest BCUT2D eigenvalue weighted by Gasteiger charge is -2.08. The van der Waals surface area contributed by atoms with Gasteiger partial charge >= 0.3 is 0 Å². The lowest BCUT2D eigenvalue weighted by Crippen LogP contribution is -2.00. The van der Waals surface area contributed by atoms with E-state index >= 15 is 0 Å². The maximum absolute atomic E-state index is 6.66. The average Bonchev–Trinajstić information content (AvgIpc) is 3.96. The molecule has 266 valence electrons. The number of furan rings is 1. The van der Waals surface area contributed by atoms with E-state index in [1.54, 1.807) is 0 Å². The van der Waals surface area contributed by atoms with Gasteiger partial charge in [-0.1, -0.05) is 140 Å². The number of aromatic nitrogens is 4. The number of benzene rings is 8. The molecule has 0 spiro atoms. The molecule has 0 unspecified atom stereocenters. The first-order chi connectivity index (χ1) is 28.2. The summed E-state index contributed by atoms with van der Waals surface area (Å²) < 4.78 is 11.6. The van der Waals surface area contributed by atoms with Crippen molar-refractivity contribution in [2.24, 2.45) is 0 Å². The molecule has 0 saturated carbocycles. The number of hydrogen-bond acceptors (Lipinski definition) is 5. The highest BCUT2D eigenvalue weighted by molar-refractivity contribution is 7.26.